The molecule has 0 amide bonds. The predicted molar refractivity (Wildman–Crippen MR) is 87.6 cm³/mol. The van der Waals surface area contributed by atoms with Gasteiger partial charge in [-0.05, 0) is 25.5 Å². The smallest absolute Gasteiger partial charge is 0.339 e. The van der Waals surface area contributed by atoms with Crippen molar-refractivity contribution in [3.63, 3.8) is 0 Å². The fraction of sp³-hybridized carbons (Fsp3) is 0.250. The number of rotatable bonds is 6. The second kappa shape index (κ2) is 7.23. The number of aryl methyl sites for hydroxylation is 1. The fourth-order valence-electron chi connectivity index (χ4n) is 1.96. The van der Waals surface area contributed by atoms with E-state index in [1.54, 1.807) is 38.1 Å². The molecule has 0 atom stereocenters. The molecule has 0 bridgehead atoms. The second-order valence-corrected chi connectivity index (χ2v) is 6.65. The van der Waals surface area contributed by atoms with Crippen LogP contribution in [0.5, 0.6) is 0 Å². The van der Waals surface area contributed by atoms with Crippen molar-refractivity contribution < 1.29 is 17.9 Å². The molecule has 2 rings (SSSR count). The van der Waals surface area contributed by atoms with E-state index in [0.29, 0.717) is 11.3 Å². The van der Waals surface area contributed by atoms with Gasteiger partial charge in [-0.1, -0.05) is 30.3 Å². The highest BCUT2D eigenvalue weighted by Gasteiger charge is 2.16. The van der Waals surface area contributed by atoms with Gasteiger partial charge < -0.3 is 4.74 Å². The highest BCUT2D eigenvalue weighted by Crippen LogP contribution is 2.18. The number of carbonyl (C=O) groups excluding carboxylic acids is 1. The first-order chi connectivity index (χ1) is 10.9. The molecule has 23 heavy (non-hydrogen) atoms. The van der Waals surface area contributed by atoms with E-state index in [0.717, 1.165) is 0 Å². The molecule has 0 saturated heterocycles. The first kappa shape index (κ1) is 17.0. The number of nitrogens with zero attached hydrogens (tertiary/aromatic N) is 1. The molecule has 6 nitrogen and oxygen atoms in total. The zero-order valence-electron chi connectivity index (χ0n) is 12.9. The Labute approximate surface area is 135 Å². The largest absolute Gasteiger partial charge is 0.462 e. The van der Waals surface area contributed by atoms with Crippen LogP contribution in [0, 0.1) is 6.92 Å². The zero-order valence-corrected chi connectivity index (χ0v) is 13.8. The number of hydrogen-bond donors (Lipinski definition) is 1. The summed E-state index contributed by atoms with van der Waals surface area (Å²) in [5.74, 6) is -0.694. The molecule has 0 aliphatic rings. The topological polar surface area (TPSA) is 85.4 Å². The van der Waals surface area contributed by atoms with Crippen LogP contribution in [0.4, 0.5) is 5.69 Å². The molecule has 0 radical (unpaired) electrons. The van der Waals surface area contributed by atoms with Crippen molar-refractivity contribution in [1.82, 2.24) is 4.98 Å². The van der Waals surface area contributed by atoms with E-state index in [2.05, 4.69) is 9.71 Å². The highest BCUT2D eigenvalue weighted by atomic mass is 32.2. The third kappa shape index (κ3) is 4.79. The summed E-state index contributed by atoms with van der Waals surface area (Å²) < 4.78 is 31.9. The van der Waals surface area contributed by atoms with Gasteiger partial charge in [-0.3, -0.25) is 9.71 Å². The molecular weight excluding hydrogens is 316 g/mol. The van der Waals surface area contributed by atoms with Crippen molar-refractivity contribution in [1.29, 1.82) is 0 Å². The van der Waals surface area contributed by atoms with Crippen molar-refractivity contribution in [2.24, 2.45) is 0 Å². The molecule has 1 aromatic carbocycles. The normalized spacial score (nSPS) is 11.0. The number of anilines is 1. The van der Waals surface area contributed by atoms with E-state index in [-0.39, 0.29) is 23.6 Å². The standard InChI is InChI=1S/C16H18N2O4S/c1-3-22-16(19)14-9-15(12(2)17-10-14)18-23(20,21)11-13-7-5-4-6-8-13/h4-10,18H,3,11H2,1-2H3. The Balaban J connectivity index is 2.21. The number of hydrogen-bond acceptors (Lipinski definition) is 5. The lowest BCUT2D eigenvalue weighted by Gasteiger charge is -2.11. The van der Waals surface area contributed by atoms with Crippen molar-refractivity contribution in [2.45, 2.75) is 19.6 Å². The van der Waals surface area contributed by atoms with E-state index < -0.39 is 16.0 Å². The van der Waals surface area contributed by atoms with Crippen LogP contribution in [0.3, 0.4) is 0 Å². The molecule has 122 valence electrons. The molecule has 0 fully saturated rings. The molecule has 1 N–H and O–H groups in total. The average Bonchev–Trinajstić information content (AvgIpc) is 2.50. The molecule has 0 spiro atoms. The number of aromatic nitrogens is 1. The number of sulfonamides is 1. The molecule has 1 aromatic heterocycles. The van der Waals surface area contributed by atoms with E-state index in [9.17, 15) is 13.2 Å². The van der Waals surface area contributed by atoms with Gasteiger partial charge in [0.2, 0.25) is 10.0 Å². The summed E-state index contributed by atoms with van der Waals surface area (Å²) >= 11 is 0. The number of carbonyl (C=O) groups is 1. The minimum atomic E-state index is -3.61. The summed E-state index contributed by atoms with van der Waals surface area (Å²) in [5.41, 5.74) is 1.63. The molecule has 7 heteroatoms. The Morgan fingerprint density at radius 2 is 1.96 bits per heavy atom. The highest BCUT2D eigenvalue weighted by molar-refractivity contribution is 7.91. The number of pyridine rings is 1. The number of esters is 1. The van der Waals surface area contributed by atoms with E-state index >= 15 is 0 Å². The van der Waals surface area contributed by atoms with Crippen LogP contribution in [0.25, 0.3) is 0 Å². The van der Waals surface area contributed by atoms with Crippen molar-refractivity contribution in [3.05, 3.63) is 59.4 Å². The van der Waals surface area contributed by atoms with E-state index in [1.165, 1.54) is 12.3 Å². The van der Waals surface area contributed by atoms with Crippen LogP contribution >= 0.6 is 0 Å². The maximum absolute atomic E-state index is 12.3. The Morgan fingerprint density at radius 1 is 1.26 bits per heavy atom. The van der Waals surface area contributed by atoms with Gasteiger partial charge in [-0.25, -0.2) is 13.2 Å². The first-order valence-corrected chi connectivity index (χ1v) is 8.74. The van der Waals surface area contributed by atoms with Gasteiger partial charge in [0.1, 0.15) is 0 Å². The van der Waals surface area contributed by atoms with E-state index in [4.69, 9.17) is 4.74 Å². The molecule has 0 aliphatic heterocycles. The fourth-order valence-corrected chi connectivity index (χ4v) is 3.20. The van der Waals surface area contributed by atoms with Crippen molar-refractivity contribution >= 4 is 21.7 Å². The molecule has 2 aromatic rings. The third-order valence-electron chi connectivity index (χ3n) is 3.06. The second-order valence-electron chi connectivity index (χ2n) is 4.92. The summed E-state index contributed by atoms with van der Waals surface area (Å²) in [6, 6.07) is 10.3. The molecule has 0 unspecified atom stereocenters. The molecule has 0 aliphatic carbocycles. The SMILES string of the molecule is CCOC(=O)c1cnc(C)c(NS(=O)(=O)Cc2ccccc2)c1. The minimum Gasteiger partial charge on any atom is -0.462 e. The Hall–Kier alpha value is -2.41. The van der Waals surface area contributed by atoms with Crippen LogP contribution in [0.15, 0.2) is 42.6 Å². The number of nitrogens with one attached hydrogen (secondary N) is 1. The van der Waals surface area contributed by atoms with E-state index in [1.807, 2.05) is 6.07 Å². The van der Waals surface area contributed by atoms with Gasteiger partial charge in [0.05, 0.1) is 29.3 Å². The van der Waals surface area contributed by atoms with Gasteiger partial charge in [0, 0.05) is 6.20 Å². The summed E-state index contributed by atoms with van der Waals surface area (Å²) in [6.07, 6.45) is 1.36. The van der Waals surface area contributed by atoms with Gasteiger partial charge in [0.15, 0.2) is 0 Å². The summed E-state index contributed by atoms with van der Waals surface area (Å²) in [7, 11) is -3.61. The zero-order chi connectivity index (χ0) is 16.9. The van der Waals surface area contributed by atoms with Crippen molar-refractivity contribution in [3.8, 4) is 0 Å². The molecule has 1 heterocycles. The minimum absolute atomic E-state index is 0.156. The lowest BCUT2D eigenvalue weighted by Crippen LogP contribution is -2.17. The van der Waals surface area contributed by atoms with Crippen LogP contribution in [0.2, 0.25) is 0 Å². The van der Waals surface area contributed by atoms with Gasteiger partial charge in [0.25, 0.3) is 0 Å². The predicted octanol–water partition coefficient (Wildman–Crippen LogP) is 2.51. The lowest BCUT2D eigenvalue weighted by atomic mass is 10.2. The molecular formula is C16H18N2O4S. The quantitative estimate of drug-likeness (QED) is 0.820. The maximum Gasteiger partial charge on any atom is 0.339 e. The maximum atomic E-state index is 12.3. The monoisotopic (exact) mass is 334 g/mol. The first-order valence-electron chi connectivity index (χ1n) is 7.09. The van der Waals surface area contributed by atoms with Crippen LogP contribution in [-0.4, -0.2) is 26.0 Å². The average molecular weight is 334 g/mol. The Kier molecular flexibility index (Phi) is 5.33. The Bertz CT molecular complexity index is 789. The van der Waals surface area contributed by atoms with Gasteiger partial charge in [-0.15, -0.1) is 0 Å². The van der Waals surface area contributed by atoms with Crippen LogP contribution < -0.4 is 4.72 Å². The van der Waals surface area contributed by atoms with Gasteiger partial charge >= 0.3 is 5.97 Å². The van der Waals surface area contributed by atoms with Crippen LogP contribution in [-0.2, 0) is 20.5 Å². The molecule has 0 saturated carbocycles. The summed E-state index contributed by atoms with van der Waals surface area (Å²) in [6.45, 7) is 3.60. The number of benzene rings is 1. The summed E-state index contributed by atoms with van der Waals surface area (Å²) in [5, 5.41) is 0. The lowest BCUT2D eigenvalue weighted by molar-refractivity contribution is 0.0526. The van der Waals surface area contributed by atoms with Gasteiger partial charge in [-0.2, -0.15) is 0 Å². The third-order valence-corrected chi connectivity index (χ3v) is 4.31. The number of ether oxygens (including phenoxy) is 1. The summed E-state index contributed by atoms with van der Waals surface area (Å²) in [4.78, 5) is 15.8. The van der Waals surface area contributed by atoms with Crippen LogP contribution in [0.1, 0.15) is 28.5 Å². The van der Waals surface area contributed by atoms with Crippen molar-refractivity contribution in [2.75, 3.05) is 11.3 Å². The Morgan fingerprint density at radius 3 is 2.61 bits per heavy atom.